The number of ether oxygens (including phenoxy) is 2. The quantitative estimate of drug-likeness (QED) is 0.168. The molecule has 9 heteroatoms. The predicted octanol–water partition coefficient (Wildman–Crippen LogP) is 7.62. The number of H-pyrrole nitrogens is 1. The maximum absolute atomic E-state index is 11.6. The Balaban J connectivity index is 1.72. The van der Waals surface area contributed by atoms with Crippen LogP contribution < -0.4 is 9.47 Å². The molecular formula is C25H21BrCl2N2O4. The van der Waals surface area contributed by atoms with Crippen LogP contribution in [0.1, 0.15) is 29.5 Å². The number of halogens is 3. The van der Waals surface area contributed by atoms with Gasteiger partial charge in [-0.2, -0.15) is 0 Å². The van der Waals surface area contributed by atoms with Crippen molar-refractivity contribution < 1.29 is 14.4 Å². The number of aromatic amines is 1. The Morgan fingerprint density at radius 3 is 2.65 bits per heavy atom. The van der Waals surface area contributed by atoms with Crippen molar-refractivity contribution >= 4 is 50.0 Å². The van der Waals surface area contributed by atoms with Crippen molar-refractivity contribution in [2.75, 3.05) is 13.2 Å². The molecule has 6 nitrogen and oxygen atoms in total. The van der Waals surface area contributed by atoms with Crippen LogP contribution in [0.4, 0.5) is 0 Å². The molecule has 0 aliphatic rings. The van der Waals surface area contributed by atoms with Crippen LogP contribution in [0, 0.1) is 10.1 Å². The zero-order valence-electron chi connectivity index (χ0n) is 18.2. The lowest BCUT2D eigenvalue weighted by Gasteiger charge is -2.19. The minimum atomic E-state index is -0.485. The monoisotopic (exact) mass is 562 g/mol. The van der Waals surface area contributed by atoms with Crippen LogP contribution in [0.2, 0.25) is 10.0 Å². The summed E-state index contributed by atoms with van der Waals surface area (Å²) in [5.41, 5.74) is 3.29. The molecule has 0 radical (unpaired) electrons. The Kier molecular flexibility index (Phi) is 7.66. The normalized spacial score (nSPS) is 12.0. The zero-order chi connectivity index (χ0) is 24.2. The van der Waals surface area contributed by atoms with E-state index < -0.39 is 5.92 Å². The number of rotatable bonds is 9. The van der Waals surface area contributed by atoms with E-state index in [0.717, 1.165) is 27.6 Å². The molecule has 1 heterocycles. The molecule has 4 aromatic rings. The molecule has 176 valence electrons. The van der Waals surface area contributed by atoms with Gasteiger partial charge in [0.15, 0.2) is 11.5 Å². The maximum atomic E-state index is 11.6. The third kappa shape index (κ3) is 5.32. The highest BCUT2D eigenvalue weighted by Gasteiger charge is 2.26. The van der Waals surface area contributed by atoms with Gasteiger partial charge in [0.25, 0.3) is 0 Å². The highest BCUT2D eigenvalue weighted by molar-refractivity contribution is 9.10. The Bertz CT molecular complexity index is 1340. The summed E-state index contributed by atoms with van der Waals surface area (Å²) < 4.78 is 12.6. The van der Waals surface area contributed by atoms with Crippen molar-refractivity contribution in [3.8, 4) is 11.5 Å². The van der Waals surface area contributed by atoms with E-state index in [1.54, 1.807) is 18.2 Å². The molecule has 0 saturated carbocycles. The fourth-order valence-corrected chi connectivity index (χ4v) is 4.93. The van der Waals surface area contributed by atoms with Crippen LogP contribution in [-0.4, -0.2) is 23.1 Å². The second kappa shape index (κ2) is 10.7. The van der Waals surface area contributed by atoms with Gasteiger partial charge >= 0.3 is 0 Å². The Morgan fingerprint density at radius 2 is 1.91 bits per heavy atom. The fourth-order valence-electron chi connectivity index (χ4n) is 3.90. The number of nitro groups is 1. The molecule has 0 aliphatic heterocycles. The molecule has 1 N–H and O–H groups in total. The first kappa shape index (κ1) is 24.4. The fraction of sp³-hybridized carbons (Fsp3) is 0.200. The van der Waals surface area contributed by atoms with Crippen molar-refractivity contribution in [2.24, 2.45) is 0 Å². The number of hydrogen-bond acceptors (Lipinski definition) is 4. The average Bonchev–Trinajstić information content (AvgIpc) is 3.22. The van der Waals surface area contributed by atoms with Crippen LogP contribution in [0.25, 0.3) is 10.9 Å². The minimum absolute atomic E-state index is 0.203. The number of fused-ring (bicyclic) bond motifs is 1. The molecule has 0 amide bonds. The first-order chi connectivity index (χ1) is 16.4. The molecule has 4 rings (SSSR count). The maximum Gasteiger partial charge on any atom is 0.214 e. The number of hydrogen-bond donors (Lipinski definition) is 1. The molecule has 1 aromatic heterocycles. The second-order valence-electron chi connectivity index (χ2n) is 7.64. The molecule has 0 unspecified atom stereocenters. The number of para-hydroxylation sites is 1. The largest absolute Gasteiger partial charge is 0.490 e. The highest BCUT2D eigenvalue weighted by Crippen LogP contribution is 2.42. The summed E-state index contributed by atoms with van der Waals surface area (Å²) >= 11 is 15.8. The van der Waals surface area contributed by atoms with E-state index in [9.17, 15) is 10.1 Å². The lowest BCUT2D eigenvalue weighted by Crippen LogP contribution is -2.14. The standard InChI is InChI=1S/C25H21BrCl2N2O4/c1-2-33-24-10-16(9-21(26)25(24)34-14-15-7-8-17(27)11-22(15)28)20(13-30(31)32)19-12-29-23-6-4-3-5-18(19)23/h3-12,20,29H,2,13-14H2,1H3/t20-/m1/s1. The summed E-state index contributed by atoms with van der Waals surface area (Å²) in [5, 5.41) is 13.6. The van der Waals surface area contributed by atoms with Crippen LogP contribution in [0.15, 0.2) is 65.3 Å². The van der Waals surface area contributed by atoms with Crippen LogP contribution in [0.5, 0.6) is 11.5 Å². The zero-order valence-corrected chi connectivity index (χ0v) is 21.3. The van der Waals surface area contributed by atoms with E-state index in [1.807, 2.05) is 49.5 Å². The molecule has 0 saturated heterocycles. The van der Waals surface area contributed by atoms with Gasteiger partial charge in [0.05, 0.1) is 17.0 Å². The summed E-state index contributed by atoms with van der Waals surface area (Å²) in [6, 6.07) is 16.6. The average molecular weight is 564 g/mol. The molecule has 1 atom stereocenters. The van der Waals surface area contributed by atoms with Crippen molar-refractivity contribution in [1.82, 2.24) is 4.98 Å². The van der Waals surface area contributed by atoms with Gasteiger partial charge in [-0.05, 0) is 64.3 Å². The van der Waals surface area contributed by atoms with Gasteiger partial charge in [0.1, 0.15) is 6.61 Å². The smallest absolute Gasteiger partial charge is 0.214 e. The molecule has 0 bridgehead atoms. The third-order valence-corrected chi connectivity index (χ3v) is 6.63. The molecule has 34 heavy (non-hydrogen) atoms. The number of nitrogens with zero attached hydrogens (tertiary/aromatic N) is 1. The Hall–Kier alpha value is -2.74. The Labute approximate surface area is 215 Å². The SMILES string of the molecule is CCOc1cc([C@@H](C[N+](=O)[O-])c2c[nH]c3ccccc23)cc(Br)c1OCc1ccc(Cl)cc1Cl. The topological polar surface area (TPSA) is 77.4 Å². The van der Waals surface area contributed by atoms with Crippen molar-refractivity contribution in [1.29, 1.82) is 0 Å². The summed E-state index contributed by atoms with van der Waals surface area (Å²) in [6.45, 7) is 2.21. The second-order valence-corrected chi connectivity index (χ2v) is 9.34. The van der Waals surface area contributed by atoms with Gasteiger partial charge in [-0.3, -0.25) is 10.1 Å². The van der Waals surface area contributed by atoms with Crippen molar-refractivity contribution in [2.45, 2.75) is 19.4 Å². The van der Waals surface area contributed by atoms with E-state index >= 15 is 0 Å². The van der Waals surface area contributed by atoms with Crippen LogP contribution in [0.3, 0.4) is 0 Å². The summed E-state index contributed by atoms with van der Waals surface area (Å²) in [5.74, 6) is 0.502. The lowest BCUT2D eigenvalue weighted by molar-refractivity contribution is -0.481. The van der Waals surface area contributed by atoms with E-state index in [4.69, 9.17) is 32.7 Å². The molecule has 0 aliphatic carbocycles. The first-order valence-electron chi connectivity index (χ1n) is 10.6. The molecule has 0 spiro atoms. The van der Waals surface area contributed by atoms with Crippen LogP contribution >= 0.6 is 39.1 Å². The van der Waals surface area contributed by atoms with Gasteiger partial charge in [-0.25, -0.2) is 0 Å². The molecular weight excluding hydrogens is 543 g/mol. The summed E-state index contributed by atoms with van der Waals surface area (Å²) in [4.78, 5) is 14.5. The van der Waals surface area contributed by atoms with Crippen molar-refractivity contribution in [3.05, 3.63) is 102 Å². The molecule has 0 fully saturated rings. The van der Waals surface area contributed by atoms with Gasteiger partial charge in [-0.15, -0.1) is 0 Å². The van der Waals surface area contributed by atoms with E-state index in [1.165, 1.54) is 0 Å². The summed E-state index contributed by atoms with van der Waals surface area (Å²) in [6.07, 6.45) is 1.83. The van der Waals surface area contributed by atoms with Crippen LogP contribution in [-0.2, 0) is 6.61 Å². The van der Waals surface area contributed by atoms with E-state index in [2.05, 4.69) is 20.9 Å². The predicted molar refractivity (Wildman–Crippen MR) is 138 cm³/mol. The molecule has 3 aromatic carbocycles. The highest BCUT2D eigenvalue weighted by atomic mass is 79.9. The minimum Gasteiger partial charge on any atom is -0.490 e. The number of benzene rings is 3. The van der Waals surface area contributed by atoms with E-state index in [-0.39, 0.29) is 18.1 Å². The van der Waals surface area contributed by atoms with Gasteiger partial charge in [-0.1, -0.05) is 47.5 Å². The van der Waals surface area contributed by atoms with Gasteiger partial charge < -0.3 is 14.5 Å². The van der Waals surface area contributed by atoms with Gasteiger partial charge in [0.2, 0.25) is 6.54 Å². The van der Waals surface area contributed by atoms with E-state index in [0.29, 0.717) is 32.6 Å². The first-order valence-corrected chi connectivity index (χ1v) is 12.1. The van der Waals surface area contributed by atoms with Crippen molar-refractivity contribution in [3.63, 3.8) is 0 Å². The lowest BCUT2D eigenvalue weighted by atomic mass is 9.90. The number of nitrogens with one attached hydrogen (secondary N) is 1. The summed E-state index contributed by atoms with van der Waals surface area (Å²) in [7, 11) is 0. The van der Waals surface area contributed by atoms with Gasteiger partial charge in [0, 0.05) is 37.6 Å². The number of aromatic nitrogens is 1. The third-order valence-electron chi connectivity index (χ3n) is 5.45. The Morgan fingerprint density at radius 1 is 1.12 bits per heavy atom.